The number of nitrogen functional groups attached to an aromatic ring is 1. The van der Waals surface area contributed by atoms with Crippen molar-refractivity contribution in [3.8, 4) is 0 Å². The minimum Gasteiger partial charge on any atom is -0.399 e. The molecule has 0 aromatic heterocycles. The van der Waals surface area contributed by atoms with Crippen LogP contribution in [0.5, 0.6) is 0 Å². The lowest BCUT2D eigenvalue weighted by Crippen LogP contribution is -2.31. The van der Waals surface area contributed by atoms with Crippen LogP contribution in [0.15, 0.2) is 18.2 Å². The van der Waals surface area contributed by atoms with Crippen molar-refractivity contribution < 1.29 is 0 Å². The summed E-state index contributed by atoms with van der Waals surface area (Å²) < 4.78 is 0. The number of anilines is 1. The normalized spacial score (nSPS) is 20.1. The molecule has 0 spiro atoms. The van der Waals surface area contributed by atoms with E-state index in [2.05, 4.69) is 23.6 Å². The molecule has 0 amide bonds. The van der Waals surface area contributed by atoms with Crippen LogP contribution in [0.1, 0.15) is 24.5 Å². The van der Waals surface area contributed by atoms with Crippen molar-refractivity contribution in [3.05, 3.63) is 29.3 Å². The zero-order valence-electron chi connectivity index (χ0n) is 11.2. The van der Waals surface area contributed by atoms with Gasteiger partial charge in [-0.15, -0.1) is 0 Å². The first kappa shape index (κ1) is 14.0. The largest absolute Gasteiger partial charge is 0.399 e. The van der Waals surface area contributed by atoms with Gasteiger partial charge in [-0.3, -0.25) is 0 Å². The fourth-order valence-electron chi connectivity index (χ4n) is 1.71. The van der Waals surface area contributed by atoms with Crippen LogP contribution in [-0.2, 0) is 0 Å². The Morgan fingerprint density at radius 1 is 1.24 bits per heavy atom. The Hall–Kier alpha value is -1.06. The van der Waals surface area contributed by atoms with Crippen LogP contribution in [0, 0.1) is 13.8 Å². The molecule has 0 radical (unpaired) electrons. The summed E-state index contributed by atoms with van der Waals surface area (Å²) in [6, 6.07) is 6.74. The van der Waals surface area contributed by atoms with E-state index in [4.69, 9.17) is 5.73 Å². The van der Waals surface area contributed by atoms with Crippen molar-refractivity contribution in [1.29, 1.82) is 0 Å². The standard InChI is InChI=1S/C8H11N.C6H14N2/c1-6-3-4-7(2)8(9)5-6;1-6-5-7-3-2-4-8-6/h3-5H,9H2,1-2H3;6-8H,2-5H2,1H3. The average molecular weight is 235 g/mol. The summed E-state index contributed by atoms with van der Waals surface area (Å²) >= 11 is 0. The molecule has 2 rings (SSSR count). The number of hydrogen-bond acceptors (Lipinski definition) is 3. The second-order valence-corrected chi connectivity index (χ2v) is 4.77. The summed E-state index contributed by atoms with van der Waals surface area (Å²) in [6.45, 7) is 9.73. The van der Waals surface area contributed by atoms with E-state index in [9.17, 15) is 0 Å². The minimum absolute atomic E-state index is 0.664. The van der Waals surface area contributed by atoms with Gasteiger partial charge >= 0.3 is 0 Å². The Kier molecular flexibility index (Phi) is 6.01. The van der Waals surface area contributed by atoms with E-state index in [1.54, 1.807) is 0 Å². The van der Waals surface area contributed by atoms with Crippen LogP contribution in [0.4, 0.5) is 5.69 Å². The highest BCUT2D eigenvalue weighted by atomic mass is 15.0. The predicted octanol–water partition coefficient (Wildman–Crippen LogP) is 1.84. The molecule has 0 bridgehead atoms. The molecule has 96 valence electrons. The van der Waals surface area contributed by atoms with Crippen molar-refractivity contribution >= 4 is 5.69 Å². The number of nitrogens with two attached hydrogens (primary N) is 1. The predicted molar refractivity (Wildman–Crippen MR) is 75.3 cm³/mol. The van der Waals surface area contributed by atoms with Gasteiger partial charge in [-0.05, 0) is 57.5 Å². The number of hydrogen-bond donors (Lipinski definition) is 3. The highest BCUT2D eigenvalue weighted by molar-refractivity contribution is 5.47. The van der Waals surface area contributed by atoms with Crippen LogP contribution in [0.25, 0.3) is 0 Å². The molecule has 1 aliphatic rings. The van der Waals surface area contributed by atoms with E-state index >= 15 is 0 Å². The zero-order chi connectivity index (χ0) is 12.7. The van der Waals surface area contributed by atoms with Crippen molar-refractivity contribution in [2.24, 2.45) is 0 Å². The first-order valence-corrected chi connectivity index (χ1v) is 6.36. The van der Waals surface area contributed by atoms with Gasteiger partial charge in [0.2, 0.25) is 0 Å². The summed E-state index contributed by atoms with van der Waals surface area (Å²) in [7, 11) is 0. The topological polar surface area (TPSA) is 50.1 Å². The van der Waals surface area contributed by atoms with E-state index < -0.39 is 0 Å². The third-order valence-electron chi connectivity index (χ3n) is 2.91. The quantitative estimate of drug-likeness (QED) is 0.601. The fourth-order valence-corrected chi connectivity index (χ4v) is 1.71. The van der Waals surface area contributed by atoms with Gasteiger partial charge in [-0.1, -0.05) is 12.1 Å². The van der Waals surface area contributed by atoms with E-state index in [0.29, 0.717) is 6.04 Å². The first-order valence-electron chi connectivity index (χ1n) is 6.36. The van der Waals surface area contributed by atoms with Gasteiger partial charge in [0.1, 0.15) is 0 Å². The Balaban J connectivity index is 0.000000171. The molecular formula is C14H25N3. The fraction of sp³-hybridized carbons (Fsp3) is 0.571. The van der Waals surface area contributed by atoms with Gasteiger partial charge < -0.3 is 16.4 Å². The van der Waals surface area contributed by atoms with Gasteiger partial charge in [-0.25, -0.2) is 0 Å². The molecule has 1 saturated heterocycles. The molecule has 1 unspecified atom stereocenters. The summed E-state index contributed by atoms with van der Waals surface area (Å²) in [4.78, 5) is 0. The average Bonchev–Trinajstić information content (AvgIpc) is 2.53. The highest BCUT2D eigenvalue weighted by Gasteiger charge is 2.02. The monoisotopic (exact) mass is 235 g/mol. The van der Waals surface area contributed by atoms with E-state index in [0.717, 1.165) is 17.8 Å². The number of rotatable bonds is 0. The van der Waals surface area contributed by atoms with E-state index in [1.807, 2.05) is 26.0 Å². The molecule has 0 aliphatic carbocycles. The Morgan fingerprint density at radius 2 is 2.00 bits per heavy atom. The van der Waals surface area contributed by atoms with Crippen LogP contribution < -0.4 is 16.4 Å². The van der Waals surface area contributed by atoms with Crippen LogP contribution >= 0.6 is 0 Å². The molecule has 1 aromatic rings. The Labute approximate surface area is 105 Å². The molecule has 17 heavy (non-hydrogen) atoms. The number of benzene rings is 1. The highest BCUT2D eigenvalue weighted by Crippen LogP contribution is 2.10. The lowest BCUT2D eigenvalue weighted by Gasteiger charge is -2.06. The molecule has 1 heterocycles. The van der Waals surface area contributed by atoms with Crippen molar-refractivity contribution in [2.75, 3.05) is 25.4 Å². The lowest BCUT2D eigenvalue weighted by molar-refractivity contribution is 0.568. The molecule has 1 aliphatic heterocycles. The number of aryl methyl sites for hydroxylation is 2. The minimum atomic E-state index is 0.664. The van der Waals surface area contributed by atoms with Crippen LogP contribution in [0.3, 0.4) is 0 Å². The molecule has 1 fully saturated rings. The van der Waals surface area contributed by atoms with Crippen molar-refractivity contribution in [1.82, 2.24) is 10.6 Å². The summed E-state index contributed by atoms with van der Waals surface area (Å²) in [6.07, 6.45) is 1.27. The molecule has 1 aromatic carbocycles. The maximum Gasteiger partial charge on any atom is 0.0346 e. The molecule has 0 saturated carbocycles. The van der Waals surface area contributed by atoms with Gasteiger partial charge in [0.15, 0.2) is 0 Å². The molecule has 3 heteroatoms. The maximum absolute atomic E-state index is 5.62. The van der Waals surface area contributed by atoms with Crippen molar-refractivity contribution in [3.63, 3.8) is 0 Å². The maximum atomic E-state index is 5.62. The van der Waals surface area contributed by atoms with Gasteiger partial charge in [-0.2, -0.15) is 0 Å². The van der Waals surface area contributed by atoms with Gasteiger partial charge in [0.25, 0.3) is 0 Å². The van der Waals surface area contributed by atoms with E-state index in [-0.39, 0.29) is 0 Å². The van der Waals surface area contributed by atoms with Crippen LogP contribution in [-0.4, -0.2) is 25.7 Å². The van der Waals surface area contributed by atoms with Gasteiger partial charge in [0, 0.05) is 18.3 Å². The lowest BCUT2D eigenvalue weighted by atomic mass is 10.1. The third-order valence-corrected chi connectivity index (χ3v) is 2.91. The second kappa shape index (κ2) is 7.30. The second-order valence-electron chi connectivity index (χ2n) is 4.77. The smallest absolute Gasteiger partial charge is 0.0346 e. The number of nitrogens with one attached hydrogen (secondary N) is 2. The Bertz CT molecular complexity index is 328. The first-order chi connectivity index (χ1) is 8.09. The molecule has 1 atom stereocenters. The molecule has 4 N–H and O–H groups in total. The van der Waals surface area contributed by atoms with Crippen molar-refractivity contribution in [2.45, 2.75) is 33.2 Å². The van der Waals surface area contributed by atoms with Crippen LogP contribution in [0.2, 0.25) is 0 Å². The zero-order valence-corrected chi connectivity index (χ0v) is 11.2. The summed E-state index contributed by atoms with van der Waals surface area (Å²) in [5.41, 5.74) is 8.88. The molecular weight excluding hydrogens is 210 g/mol. The third kappa shape index (κ3) is 5.71. The van der Waals surface area contributed by atoms with E-state index in [1.165, 1.54) is 25.1 Å². The summed E-state index contributed by atoms with van der Waals surface area (Å²) in [5, 5.41) is 6.72. The SMILES string of the molecule is CC1CNCCCN1.Cc1ccc(C)c(N)c1. The summed E-state index contributed by atoms with van der Waals surface area (Å²) in [5.74, 6) is 0. The Morgan fingerprint density at radius 3 is 2.65 bits per heavy atom. The molecule has 3 nitrogen and oxygen atoms in total. The van der Waals surface area contributed by atoms with Gasteiger partial charge in [0.05, 0.1) is 0 Å².